The maximum Gasteiger partial charge on any atom is 0.257 e. The molecule has 1 aromatic heterocycles. The Kier molecular flexibility index (Phi) is 5.38. The first kappa shape index (κ1) is 20.6. The lowest BCUT2D eigenvalue weighted by Crippen LogP contribution is -2.47. The number of piperidine rings is 1. The van der Waals surface area contributed by atoms with Crippen LogP contribution in [-0.2, 0) is 23.2 Å². The van der Waals surface area contributed by atoms with Crippen LogP contribution in [0.3, 0.4) is 0 Å². The first-order valence-corrected chi connectivity index (χ1v) is 10.7. The Morgan fingerprint density at radius 2 is 1.97 bits per heavy atom. The van der Waals surface area contributed by atoms with Crippen molar-refractivity contribution in [2.75, 3.05) is 24.5 Å². The van der Waals surface area contributed by atoms with Crippen LogP contribution >= 0.6 is 0 Å². The average Bonchev–Trinajstić information content (AvgIpc) is 2.73. The van der Waals surface area contributed by atoms with E-state index in [0.29, 0.717) is 30.4 Å². The van der Waals surface area contributed by atoms with Crippen LogP contribution < -0.4 is 10.5 Å². The zero-order valence-electron chi connectivity index (χ0n) is 17.9. The zero-order valence-corrected chi connectivity index (χ0v) is 17.9. The molecule has 0 aliphatic carbocycles. The van der Waals surface area contributed by atoms with E-state index in [0.717, 1.165) is 30.8 Å². The van der Waals surface area contributed by atoms with Gasteiger partial charge in [-0.3, -0.25) is 14.6 Å². The summed E-state index contributed by atoms with van der Waals surface area (Å²) >= 11 is 0. The van der Waals surface area contributed by atoms with E-state index in [1.54, 1.807) is 17.0 Å². The average molecular weight is 413 g/mol. The first-order valence-electron chi connectivity index (χ1n) is 10.7. The number of carbonyl (C=O) groups is 1. The Morgan fingerprint density at radius 1 is 1.23 bits per heavy atom. The highest BCUT2D eigenvalue weighted by molar-refractivity contribution is 5.87. The fourth-order valence-corrected chi connectivity index (χ4v) is 4.50. The Morgan fingerprint density at radius 3 is 2.67 bits per heavy atom. The van der Waals surface area contributed by atoms with Gasteiger partial charge < -0.3 is 9.80 Å². The SMILES string of the molecule is C[C@@H]1CCCN(c2nc3c(c(=O)[nH]2)CN(C(=O)C(C)(C)c2ccc(F)cc2)CC3)C1. The molecule has 7 heteroatoms. The predicted octanol–water partition coefficient (Wildman–Crippen LogP) is 3.01. The van der Waals surface area contributed by atoms with Gasteiger partial charge in [0.25, 0.3) is 5.56 Å². The fraction of sp³-hybridized carbons (Fsp3) is 0.522. The van der Waals surface area contributed by atoms with Gasteiger partial charge in [-0.25, -0.2) is 9.37 Å². The number of hydrogen-bond acceptors (Lipinski definition) is 4. The Labute approximate surface area is 176 Å². The van der Waals surface area contributed by atoms with E-state index in [2.05, 4.69) is 16.8 Å². The lowest BCUT2D eigenvalue weighted by Gasteiger charge is -2.36. The van der Waals surface area contributed by atoms with Crippen LogP contribution in [-0.4, -0.2) is 40.4 Å². The summed E-state index contributed by atoms with van der Waals surface area (Å²) in [5.41, 5.74) is 1.13. The Balaban J connectivity index is 1.55. The van der Waals surface area contributed by atoms with Crippen LogP contribution in [0.15, 0.2) is 29.1 Å². The normalized spacial score (nSPS) is 19.5. The minimum absolute atomic E-state index is 0.0758. The standard InChI is InChI=1S/C23H29FN4O2/c1-15-5-4-11-28(13-15)22-25-19-10-12-27(14-18(19)20(29)26-22)21(30)23(2,3)16-6-8-17(24)9-7-16/h6-9,15H,4-5,10-14H2,1-3H3,(H,25,26,29)/t15-/m1/s1. The zero-order chi connectivity index (χ0) is 21.5. The van der Waals surface area contributed by atoms with Gasteiger partial charge in [-0.2, -0.15) is 0 Å². The topological polar surface area (TPSA) is 69.3 Å². The summed E-state index contributed by atoms with van der Waals surface area (Å²) < 4.78 is 13.3. The molecule has 6 nitrogen and oxygen atoms in total. The molecule has 1 N–H and O–H groups in total. The quantitative estimate of drug-likeness (QED) is 0.842. The number of rotatable bonds is 3. The van der Waals surface area contributed by atoms with Gasteiger partial charge in [0.2, 0.25) is 11.9 Å². The number of hydrogen-bond donors (Lipinski definition) is 1. The summed E-state index contributed by atoms with van der Waals surface area (Å²) in [5, 5.41) is 0. The highest BCUT2D eigenvalue weighted by atomic mass is 19.1. The third-order valence-corrected chi connectivity index (χ3v) is 6.40. The van der Waals surface area contributed by atoms with Crippen LogP contribution in [0.1, 0.15) is 50.4 Å². The van der Waals surface area contributed by atoms with Crippen molar-refractivity contribution in [2.45, 2.75) is 52.0 Å². The maximum atomic E-state index is 13.3. The van der Waals surface area contributed by atoms with Crippen LogP contribution in [0.2, 0.25) is 0 Å². The number of anilines is 1. The van der Waals surface area contributed by atoms with E-state index in [1.807, 2.05) is 13.8 Å². The van der Waals surface area contributed by atoms with Crippen molar-refractivity contribution in [1.82, 2.24) is 14.9 Å². The second-order valence-corrected chi connectivity index (χ2v) is 9.12. The molecule has 0 bridgehead atoms. The number of benzene rings is 1. The van der Waals surface area contributed by atoms with Gasteiger partial charge in [-0.1, -0.05) is 19.1 Å². The van der Waals surface area contributed by atoms with Gasteiger partial charge in [0, 0.05) is 26.1 Å². The number of amides is 1. The molecule has 1 saturated heterocycles. The molecule has 0 radical (unpaired) electrons. The monoisotopic (exact) mass is 412 g/mol. The van der Waals surface area contributed by atoms with E-state index in [9.17, 15) is 14.0 Å². The molecule has 0 unspecified atom stereocenters. The van der Waals surface area contributed by atoms with E-state index in [4.69, 9.17) is 4.98 Å². The molecule has 1 fully saturated rings. The summed E-state index contributed by atoms with van der Waals surface area (Å²) in [6.45, 7) is 8.46. The van der Waals surface area contributed by atoms with Gasteiger partial charge >= 0.3 is 0 Å². The molecule has 1 aromatic carbocycles. The largest absolute Gasteiger partial charge is 0.342 e. The van der Waals surface area contributed by atoms with Crippen LogP contribution in [0.25, 0.3) is 0 Å². The number of H-pyrrole nitrogens is 1. The van der Waals surface area contributed by atoms with Gasteiger partial charge in [0.1, 0.15) is 5.82 Å². The lowest BCUT2D eigenvalue weighted by atomic mass is 9.82. The summed E-state index contributed by atoms with van der Waals surface area (Å²) in [7, 11) is 0. The van der Waals surface area contributed by atoms with Crippen LogP contribution in [0.5, 0.6) is 0 Å². The smallest absolute Gasteiger partial charge is 0.257 e. The molecule has 160 valence electrons. The van der Waals surface area contributed by atoms with E-state index in [-0.39, 0.29) is 23.8 Å². The van der Waals surface area contributed by atoms with Crippen molar-refractivity contribution in [3.63, 3.8) is 0 Å². The van der Waals surface area contributed by atoms with Crippen LogP contribution in [0, 0.1) is 11.7 Å². The second kappa shape index (κ2) is 7.85. The molecule has 2 aliphatic rings. The van der Waals surface area contributed by atoms with Crippen molar-refractivity contribution in [3.8, 4) is 0 Å². The molecule has 1 atom stereocenters. The summed E-state index contributed by atoms with van der Waals surface area (Å²) in [4.78, 5) is 37.7. The molecule has 4 rings (SSSR count). The number of nitrogens with one attached hydrogen (secondary N) is 1. The number of nitrogens with zero attached hydrogens (tertiary/aromatic N) is 3. The summed E-state index contributed by atoms with van der Waals surface area (Å²) in [6.07, 6.45) is 2.86. The van der Waals surface area contributed by atoms with Crippen molar-refractivity contribution >= 4 is 11.9 Å². The molecular formula is C23H29FN4O2. The number of aromatic amines is 1. The van der Waals surface area contributed by atoms with Crippen LogP contribution in [0.4, 0.5) is 10.3 Å². The number of fused-ring (bicyclic) bond motifs is 1. The molecule has 30 heavy (non-hydrogen) atoms. The highest BCUT2D eigenvalue weighted by Crippen LogP contribution is 2.29. The van der Waals surface area contributed by atoms with E-state index in [1.165, 1.54) is 18.6 Å². The molecule has 2 aliphatic heterocycles. The van der Waals surface area contributed by atoms with Crippen molar-refractivity contribution in [2.24, 2.45) is 5.92 Å². The van der Waals surface area contributed by atoms with Gasteiger partial charge in [-0.05, 0) is 50.3 Å². The summed E-state index contributed by atoms with van der Waals surface area (Å²) in [6, 6.07) is 6.03. The number of halogens is 1. The Hall–Kier alpha value is -2.70. The molecular weight excluding hydrogens is 383 g/mol. The minimum Gasteiger partial charge on any atom is -0.342 e. The van der Waals surface area contributed by atoms with Crippen molar-refractivity contribution in [3.05, 3.63) is 57.3 Å². The third-order valence-electron chi connectivity index (χ3n) is 6.40. The van der Waals surface area contributed by atoms with Crippen molar-refractivity contribution in [1.29, 1.82) is 0 Å². The predicted molar refractivity (Wildman–Crippen MR) is 114 cm³/mol. The fourth-order valence-electron chi connectivity index (χ4n) is 4.50. The lowest BCUT2D eigenvalue weighted by molar-refractivity contribution is -0.137. The summed E-state index contributed by atoms with van der Waals surface area (Å²) in [5.74, 6) is 0.831. The molecule has 0 spiro atoms. The van der Waals surface area contributed by atoms with Gasteiger partial charge in [-0.15, -0.1) is 0 Å². The molecule has 2 aromatic rings. The molecule has 0 saturated carbocycles. The van der Waals surface area contributed by atoms with Gasteiger partial charge in [0.05, 0.1) is 23.2 Å². The number of aromatic nitrogens is 2. The van der Waals surface area contributed by atoms with E-state index < -0.39 is 5.41 Å². The van der Waals surface area contributed by atoms with Gasteiger partial charge in [0.15, 0.2) is 0 Å². The van der Waals surface area contributed by atoms with E-state index >= 15 is 0 Å². The highest BCUT2D eigenvalue weighted by Gasteiger charge is 2.36. The maximum absolute atomic E-state index is 13.3. The molecule has 3 heterocycles. The Bertz CT molecular complexity index is 999. The van der Waals surface area contributed by atoms with Crippen molar-refractivity contribution < 1.29 is 9.18 Å². The first-order chi connectivity index (χ1) is 14.3. The number of carbonyl (C=O) groups excluding carboxylic acids is 1. The molecule has 1 amide bonds. The minimum atomic E-state index is -0.810. The third kappa shape index (κ3) is 3.85. The second-order valence-electron chi connectivity index (χ2n) is 9.12.